The molecule has 0 aromatic heterocycles. The molecule has 78 valence electrons. The summed E-state index contributed by atoms with van der Waals surface area (Å²) >= 11 is 0. The molecule has 1 saturated carbocycles. The summed E-state index contributed by atoms with van der Waals surface area (Å²) in [7, 11) is 0. The fourth-order valence-corrected chi connectivity index (χ4v) is 2.16. The molecule has 0 radical (unpaired) electrons. The van der Waals surface area contributed by atoms with E-state index in [0.29, 0.717) is 6.42 Å². The molecule has 0 atom stereocenters. The molecule has 0 saturated heterocycles. The molecule has 14 heavy (non-hydrogen) atoms. The molecule has 0 aliphatic heterocycles. The largest absolute Gasteiger partial charge is 0.300 e. The van der Waals surface area contributed by atoms with Crippen molar-refractivity contribution in [1.29, 1.82) is 0 Å². The third kappa shape index (κ3) is 2.57. The van der Waals surface area contributed by atoms with E-state index in [-0.39, 0.29) is 11.2 Å². The number of ketones is 1. The van der Waals surface area contributed by atoms with E-state index >= 15 is 0 Å². The first-order valence-electron chi connectivity index (χ1n) is 5.32. The van der Waals surface area contributed by atoms with Crippen molar-refractivity contribution < 1.29 is 4.79 Å². The summed E-state index contributed by atoms with van der Waals surface area (Å²) in [6.07, 6.45) is 6.15. The molecular weight excluding hydrogens is 172 g/mol. The van der Waals surface area contributed by atoms with Crippen molar-refractivity contribution >= 4 is 5.78 Å². The van der Waals surface area contributed by atoms with Crippen molar-refractivity contribution in [3.05, 3.63) is 23.8 Å². The highest BCUT2D eigenvalue weighted by molar-refractivity contribution is 5.77. The standard InChI is InChI=1S/C13H20O/c1-10-6-5-9-13(3,4)12(10)8-7-11(2)14/h8H,1,5-7,9H2,2-4H3. The van der Waals surface area contributed by atoms with E-state index in [1.807, 2.05) is 0 Å². The molecular formula is C13H20O. The van der Waals surface area contributed by atoms with Crippen LogP contribution in [0.25, 0.3) is 0 Å². The van der Waals surface area contributed by atoms with Crippen LogP contribution in [-0.4, -0.2) is 5.78 Å². The van der Waals surface area contributed by atoms with Gasteiger partial charge in [0.05, 0.1) is 0 Å². The monoisotopic (exact) mass is 192 g/mol. The van der Waals surface area contributed by atoms with Gasteiger partial charge in [-0.2, -0.15) is 0 Å². The molecule has 0 unspecified atom stereocenters. The quantitative estimate of drug-likeness (QED) is 0.652. The zero-order valence-electron chi connectivity index (χ0n) is 9.52. The number of Topliss-reactive ketones (excluding diaryl/α,β-unsaturated/α-hetero) is 1. The van der Waals surface area contributed by atoms with E-state index in [4.69, 9.17) is 0 Å². The zero-order chi connectivity index (χ0) is 10.8. The fourth-order valence-electron chi connectivity index (χ4n) is 2.16. The average Bonchev–Trinajstić information content (AvgIpc) is 2.01. The minimum Gasteiger partial charge on any atom is -0.300 e. The summed E-state index contributed by atoms with van der Waals surface area (Å²) in [5, 5.41) is 0. The number of carbonyl (C=O) groups is 1. The van der Waals surface area contributed by atoms with E-state index in [2.05, 4.69) is 26.5 Å². The van der Waals surface area contributed by atoms with E-state index < -0.39 is 0 Å². The summed E-state index contributed by atoms with van der Waals surface area (Å²) in [4.78, 5) is 10.9. The van der Waals surface area contributed by atoms with E-state index in [9.17, 15) is 4.79 Å². The maximum absolute atomic E-state index is 10.9. The highest BCUT2D eigenvalue weighted by Gasteiger charge is 2.28. The molecule has 0 aromatic rings. The maximum atomic E-state index is 10.9. The highest BCUT2D eigenvalue weighted by atomic mass is 16.1. The number of carbonyl (C=O) groups excluding carboxylic acids is 1. The minimum absolute atomic E-state index is 0.213. The van der Waals surface area contributed by atoms with Crippen LogP contribution in [0, 0.1) is 5.41 Å². The Morgan fingerprint density at radius 1 is 1.57 bits per heavy atom. The van der Waals surface area contributed by atoms with Gasteiger partial charge in [-0.05, 0) is 37.2 Å². The Labute approximate surface area is 86.9 Å². The first-order valence-corrected chi connectivity index (χ1v) is 5.32. The van der Waals surface area contributed by atoms with Crippen LogP contribution in [0.4, 0.5) is 0 Å². The van der Waals surface area contributed by atoms with E-state index in [1.165, 1.54) is 24.0 Å². The lowest BCUT2D eigenvalue weighted by molar-refractivity contribution is -0.116. The van der Waals surface area contributed by atoms with Gasteiger partial charge >= 0.3 is 0 Å². The van der Waals surface area contributed by atoms with Gasteiger partial charge in [0, 0.05) is 6.42 Å². The van der Waals surface area contributed by atoms with Gasteiger partial charge in [-0.25, -0.2) is 0 Å². The molecule has 0 spiro atoms. The van der Waals surface area contributed by atoms with Crippen LogP contribution < -0.4 is 0 Å². The molecule has 1 fully saturated rings. The van der Waals surface area contributed by atoms with Crippen LogP contribution >= 0.6 is 0 Å². The maximum Gasteiger partial charge on any atom is 0.133 e. The molecule has 0 N–H and O–H groups in total. The molecule has 0 heterocycles. The number of hydrogen-bond acceptors (Lipinski definition) is 1. The molecule has 1 nitrogen and oxygen atoms in total. The van der Waals surface area contributed by atoms with E-state index in [0.717, 1.165) is 6.42 Å². The topological polar surface area (TPSA) is 17.1 Å². The molecule has 1 rings (SSSR count). The Balaban J connectivity index is 2.85. The third-order valence-electron chi connectivity index (χ3n) is 2.98. The van der Waals surface area contributed by atoms with Crippen molar-refractivity contribution in [1.82, 2.24) is 0 Å². The lowest BCUT2D eigenvalue weighted by atomic mass is 9.71. The summed E-state index contributed by atoms with van der Waals surface area (Å²) in [5.41, 5.74) is 2.74. The van der Waals surface area contributed by atoms with Crippen LogP contribution in [0.15, 0.2) is 23.8 Å². The van der Waals surface area contributed by atoms with Gasteiger partial charge in [0.25, 0.3) is 0 Å². The van der Waals surface area contributed by atoms with Crippen LogP contribution in [0.3, 0.4) is 0 Å². The second-order valence-electron chi connectivity index (χ2n) is 4.86. The first-order chi connectivity index (χ1) is 6.43. The first kappa shape index (κ1) is 11.2. The average molecular weight is 192 g/mol. The van der Waals surface area contributed by atoms with Crippen LogP contribution in [0.2, 0.25) is 0 Å². The van der Waals surface area contributed by atoms with Gasteiger partial charge in [0.2, 0.25) is 0 Å². The summed E-state index contributed by atoms with van der Waals surface area (Å²) in [5.74, 6) is 0.228. The summed E-state index contributed by atoms with van der Waals surface area (Å²) < 4.78 is 0. The van der Waals surface area contributed by atoms with Crippen LogP contribution in [0.1, 0.15) is 46.5 Å². The number of allylic oxidation sites excluding steroid dienone is 3. The van der Waals surface area contributed by atoms with Gasteiger partial charge in [-0.15, -0.1) is 0 Å². The van der Waals surface area contributed by atoms with Crippen molar-refractivity contribution in [3.8, 4) is 0 Å². The van der Waals surface area contributed by atoms with Crippen molar-refractivity contribution in [3.63, 3.8) is 0 Å². The molecule has 1 aliphatic rings. The zero-order valence-corrected chi connectivity index (χ0v) is 9.52. The SMILES string of the molecule is C=C1CCCC(C)(C)C1=CCC(C)=O. The second kappa shape index (κ2) is 4.12. The lowest BCUT2D eigenvalue weighted by Crippen LogP contribution is -2.20. The van der Waals surface area contributed by atoms with Gasteiger partial charge in [0.15, 0.2) is 0 Å². The Bertz CT molecular complexity index is 282. The Morgan fingerprint density at radius 2 is 2.21 bits per heavy atom. The van der Waals surface area contributed by atoms with Crippen molar-refractivity contribution in [2.24, 2.45) is 5.41 Å². The molecule has 0 amide bonds. The lowest BCUT2D eigenvalue weighted by Gasteiger charge is -2.34. The molecule has 1 aliphatic carbocycles. The minimum atomic E-state index is 0.213. The van der Waals surface area contributed by atoms with Gasteiger partial charge in [-0.1, -0.05) is 32.1 Å². The third-order valence-corrected chi connectivity index (χ3v) is 2.98. The Morgan fingerprint density at radius 3 is 2.71 bits per heavy atom. The normalized spacial score (nSPS) is 23.9. The molecule has 0 bridgehead atoms. The van der Waals surface area contributed by atoms with Gasteiger partial charge < -0.3 is 0 Å². The highest BCUT2D eigenvalue weighted by Crippen LogP contribution is 2.42. The van der Waals surface area contributed by atoms with Crippen molar-refractivity contribution in [2.45, 2.75) is 46.5 Å². The Kier molecular flexibility index (Phi) is 3.30. The number of hydrogen-bond donors (Lipinski definition) is 0. The summed E-state index contributed by atoms with van der Waals surface area (Å²) in [6.45, 7) is 10.2. The van der Waals surface area contributed by atoms with Gasteiger partial charge in [-0.3, -0.25) is 4.79 Å². The van der Waals surface area contributed by atoms with E-state index in [1.54, 1.807) is 6.92 Å². The molecule has 0 aromatic carbocycles. The molecule has 1 heteroatoms. The van der Waals surface area contributed by atoms with Crippen LogP contribution in [-0.2, 0) is 4.79 Å². The van der Waals surface area contributed by atoms with Crippen molar-refractivity contribution in [2.75, 3.05) is 0 Å². The predicted molar refractivity (Wildman–Crippen MR) is 60.2 cm³/mol. The number of rotatable bonds is 2. The Hall–Kier alpha value is -0.850. The van der Waals surface area contributed by atoms with Crippen LogP contribution in [0.5, 0.6) is 0 Å². The fraction of sp³-hybridized carbons (Fsp3) is 0.615. The predicted octanol–water partition coefficient (Wildman–Crippen LogP) is 3.66. The smallest absolute Gasteiger partial charge is 0.133 e. The second-order valence-corrected chi connectivity index (χ2v) is 4.86. The van der Waals surface area contributed by atoms with Gasteiger partial charge in [0.1, 0.15) is 5.78 Å². The summed E-state index contributed by atoms with van der Waals surface area (Å²) in [6, 6.07) is 0.